The minimum absolute atomic E-state index is 0.00714. The van der Waals surface area contributed by atoms with E-state index >= 15 is 0 Å². The average molecular weight is 498 g/mol. The van der Waals surface area contributed by atoms with Gasteiger partial charge in [-0.15, -0.1) is 0 Å². The Morgan fingerprint density at radius 2 is 2.06 bits per heavy atom. The lowest BCUT2D eigenvalue weighted by Gasteiger charge is -2.27. The highest BCUT2D eigenvalue weighted by Gasteiger charge is 2.25. The second-order valence-corrected chi connectivity index (χ2v) is 7.39. The number of likely N-dealkylation sites (N-methyl/N-ethyl adjacent to an activating group) is 1. The van der Waals surface area contributed by atoms with Gasteiger partial charge in [-0.05, 0) is 12.1 Å². The van der Waals surface area contributed by atoms with Crippen LogP contribution >= 0.6 is 0 Å². The standard InChI is InChI=1S/C21H28F2N6O6/c1-27(12-16(34-14-32)10-26-19(24)2-6-30)15-8-17(22)21(18(23)9-15)28-3-4-29(35-7-5-28)20(33)11-25-13-31/h2,6,8-9,13-14,16,30H,3-5,7,10-12H2,1H3,(H2,24,26)(H,25,31)/b6-2-/t16-/m0/s1. The molecule has 1 aliphatic heterocycles. The zero-order valence-electron chi connectivity index (χ0n) is 19.1. The molecular weight excluding hydrogens is 470 g/mol. The van der Waals surface area contributed by atoms with E-state index in [1.54, 1.807) is 7.05 Å². The van der Waals surface area contributed by atoms with Crippen molar-refractivity contribution in [3.05, 3.63) is 36.1 Å². The number of ether oxygens (including phenoxy) is 1. The molecule has 35 heavy (non-hydrogen) atoms. The quantitative estimate of drug-likeness (QED) is 0.153. The first kappa shape index (κ1) is 27.3. The lowest BCUT2D eigenvalue weighted by Crippen LogP contribution is -2.39. The Balaban J connectivity index is 2.10. The summed E-state index contributed by atoms with van der Waals surface area (Å²) >= 11 is 0. The van der Waals surface area contributed by atoms with Crippen molar-refractivity contribution in [2.24, 2.45) is 10.7 Å². The van der Waals surface area contributed by atoms with Crippen molar-refractivity contribution in [2.45, 2.75) is 6.10 Å². The fourth-order valence-corrected chi connectivity index (χ4v) is 3.33. The molecule has 0 unspecified atom stereocenters. The summed E-state index contributed by atoms with van der Waals surface area (Å²) in [5, 5.41) is 12.0. The monoisotopic (exact) mass is 498 g/mol. The third-order valence-electron chi connectivity index (χ3n) is 5.00. The number of hydroxylamine groups is 2. The maximum Gasteiger partial charge on any atom is 0.293 e. The van der Waals surface area contributed by atoms with Crippen molar-refractivity contribution < 1.29 is 37.8 Å². The van der Waals surface area contributed by atoms with E-state index in [1.165, 1.54) is 9.80 Å². The SMILES string of the molecule is CN(C[C@H](CN=C(N)/C=C\O)OC=O)c1cc(F)c(N2CCON(C(=O)CNC=O)CC2)c(F)c1. The topological polar surface area (TPSA) is 150 Å². The van der Waals surface area contributed by atoms with Gasteiger partial charge in [-0.1, -0.05) is 0 Å². The van der Waals surface area contributed by atoms with Gasteiger partial charge in [0.2, 0.25) is 6.41 Å². The van der Waals surface area contributed by atoms with Crippen LogP contribution in [0.4, 0.5) is 20.2 Å². The van der Waals surface area contributed by atoms with Crippen LogP contribution in [0.5, 0.6) is 0 Å². The summed E-state index contributed by atoms with van der Waals surface area (Å²) in [6.07, 6.45) is 1.48. The predicted molar refractivity (Wildman–Crippen MR) is 123 cm³/mol. The average Bonchev–Trinajstić information content (AvgIpc) is 3.07. The minimum Gasteiger partial charge on any atom is -0.515 e. The number of amides is 2. The highest BCUT2D eigenvalue weighted by Crippen LogP contribution is 2.29. The van der Waals surface area contributed by atoms with Crippen LogP contribution < -0.4 is 20.9 Å². The zero-order chi connectivity index (χ0) is 25.8. The fraction of sp³-hybridized carbons (Fsp3) is 0.429. The van der Waals surface area contributed by atoms with Gasteiger partial charge in [0, 0.05) is 31.9 Å². The van der Waals surface area contributed by atoms with E-state index in [0.29, 0.717) is 12.7 Å². The van der Waals surface area contributed by atoms with Crippen molar-refractivity contribution in [3.63, 3.8) is 0 Å². The van der Waals surface area contributed by atoms with Crippen LogP contribution in [0.1, 0.15) is 0 Å². The molecule has 1 saturated heterocycles. The summed E-state index contributed by atoms with van der Waals surface area (Å²) in [7, 11) is 1.56. The molecule has 0 aromatic heterocycles. The number of nitrogens with zero attached hydrogens (tertiary/aromatic N) is 4. The van der Waals surface area contributed by atoms with Gasteiger partial charge in [0.1, 0.15) is 17.6 Å². The van der Waals surface area contributed by atoms with Crippen LogP contribution in [0.2, 0.25) is 0 Å². The smallest absolute Gasteiger partial charge is 0.293 e. The van der Waals surface area contributed by atoms with Crippen LogP contribution in [0.15, 0.2) is 29.5 Å². The Labute approximate surface area is 200 Å². The molecule has 1 atom stereocenters. The Bertz CT molecular complexity index is 924. The number of aliphatic hydroxyl groups is 1. The number of carbonyl (C=O) groups is 3. The summed E-state index contributed by atoms with van der Waals surface area (Å²) < 4.78 is 35.0. The van der Waals surface area contributed by atoms with Crippen LogP contribution in [0.3, 0.4) is 0 Å². The van der Waals surface area contributed by atoms with E-state index < -0.39 is 23.6 Å². The molecule has 1 heterocycles. The molecule has 0 spiro atoms. The normalized spacial score (nSPS) is 15.5. The molecule has 1 aliphatic rings. The van der Waals surface area contributed by atoms with Crippen molar-refractivity contribution >= 4 is 36.0 Å². The first-order valence-electron chi connectivity index (χ1n) is 10.6. The molecule has 0 saturated carbocycles. The molecule has 2 rings (SSSR count). The fourth-order valence-electron chi connectivity index (χ4n) is 3.33. The van der Waals surface area contributed by atoms with E-state index in [1.807, 2.05) is 0 Å². The van der Waals surface area contributed by atoms with Gasteiger partial charge in [-0.2, -0.15) is 0 Å². The number of carbonyl (C=O) groups excluding carboxylic acids is 3. The summed E-state index contributed by atoms with van der Waals surface area (Å²) in [6.45, 7) is 0.289. The molecule has 12 nitrogen and oxygen atoms in total. The maximum absolute atomic E-state index is 15.0. The lowest BCUT2D eigenvalue weighted by atomic mass is 10.2. The first-order chi connectivity index (χ1) is 16.8. The zero-order valence-corrected chi connectivity index (χ0v) is 19.1. The number of nitrogens with two attached hydrogens (primary N) is 1. The Morgan fingerprint density at radius 3 is 2.69 bits per heavy atom. The van der Waals surface area contributed by atoms with Crippen molar-refractivity contribution in [2.75, 3.05) is 62.7 Å². The number of halogens is 2. The van der Waals surface area contributed by atoms with Crippen molar-refractivity contribution in [1.29, 1.82) is 0 Å². The summed E-state index contributed by atoms with van der Waals surface area (Å²) in [5.41, 5.74) is 5.48. The largest absolute Gasteiger partial charge is 0.515 e. The van der Waals surface area contributed by atoms with Crippen LogP contribution in [-0.2, 0) is 24.0 Å². The molecule has 1 aromatic carbocycles. The number of anilines is 2. The number of rotatable bonds is 12. The number of hydrogen-bond acceptors (Lipinski definition) is 9. The Kier molecular flexibility index (Phi) is 10.7. The van der Waals surface area contributed by atoms with E-state index in [-0.39, 0.29) is 69.6 Å². The highest BCUT2D eigenvalue weighted by molar-refractivity contribution is 5.91. The second-order valence-electron chi connectivity index (χ2n) is 7.39. The van der Waals surface area contributed by atoms with Gasteiger partial charge in [-0.3, -0.25) is 24.2 Å². The number of hydrogen-bond donors (Lipinski definition) is 3. The number of amidine groups is 1. The molecule has 1 aromatic rings. The molecule has 14 heteroatoms. The lowest BCUT2D eigenvalue weighted by molar-refractivity contribution is -0.180. The predicted octanol–water partition coefficient (Wildman–Crippen LogP) is -0.302. The summed E-state index contributed by atoms with van der Waals surface area (Å²) in [6, 6.07) is 2.29. The van der Waals surface area contributed by atoms with Crippen molar-refractivity contribution in [3.8, 4) is 0 Å². The third-order valence-corrected chi connectivity index (χ3v) is 5.00. The minimum atomic E-state index is -0.822. The number of nitrogens with one attached hydrogen (secondary N) is 1. The van der Waals surface area contributed by atoms with E-state index in [9.17, 15) is 23.2 Å². The van der Waals surface area contributed by atoms with E-state index in [2.05, 4.69) is 10.3 Å². The van der Waals surface area contributed by atoms with Crippen molar-refractivity contribution in [1.82, 2.24) is 10.4 Å². The van der Waals surface area contributed by atoms with Gasteiger partial charge < -0.3 is 30.7 Å². The molecule has 1 fully saturated rings. The molecule has 4 N–H and O–H groups in total. The maximum atomic E-state index is 15.0. The van der Waals surface area contributed by atoms with Gasteiger partial charge in [0.15, 0.2) is 11.6 Å². The number of benzene rings is 1. The number of aliphatic imine (C=N–C) groups is 1. The second kappa shape index (κ2) is 13.7. The summed E-state index contributed by atoms with van der Waals surface area (Å²) in [4.78, 5) is 45.4. The third kappa shape index (κ3) is 8.10. The molecule has 192 valence electrons. The van der Waals surface area contributed by atoms with Crippen LogP contribution in [0, 0.1) is 11.6 Å². The highest BCUT2D eigenvalue weighted by atomic mass is 19.1. The molecule has 2 amide bonds. The van der Waals surface area contributed by atoms with Gasteiger partial charge in [0.25, 0.3) is 12.4 Å². The Hall–Kier alpha value is -3.94. The van der Waals surface area contributed by atoms with Gasteiger partial charge in [-0.25, -0.2) is 13.8 Å². The number of aliphatic hydroxyl groups excluding tert-OH is 1. The first-order valence-corrected chi connectivity index (χ1v) is 10.6. The van der Waals surface area contributed by atoms with Gasteiger partial charge in [0.05, 0.1) is 39.0 Å². The van der Waals surface area contributed by atoms with Crippen LogP contribution in [-0.4, -0.2) is 93.8 Å². The van der Waals surface area contributed by atoms with Gasteiger partial charge >= 0.3 is 0 Å². The molecule has 0 bridgehead atoms. The molecular formula is C21H28F2N6O6. The molecule has 0 radical (unpaired) electrons. The van der Waals surface area contributed by atoms with Crippen LogP contribution in [0.25, 0.3) is 0 Å². The molecule has 0 aliphatic carbocycles. The summed E-state index contributed by atoms with van der Waals surface area (Å²) in [5.74, 6) is -2.12. The van der Waals surface area contributed by atoms with E-state index in [4.69, 9.17) is 20.4 Å². The van der Waals surface area contributed by atoms with E-state index in [0.717, 1.165) is 23.3 Å². The Morgan fingerprint density at radius 1 is 1.34 bits per heavy atom.